The number of aryl methyl sites for hydroxylation is 2. The summed E-state index contributed by atoms with van der Waals surface area (Å²) in [6.07, 6.45) is 10.3. The molecular weight excluding hydrogens is 1180 g/mol. The number of hydrogen-bond acceptors (Lipinski definition) is 1. The van der Waals surface area contributed by atoms with Crippen LogP contribution in [0.15, 0.2) is 133 Å². The van der Waals surface area contributed by atoms with E-state index < -0.39 is 0 Å². The van der Waals surface area contributed by atoms with Crippen molar-refractivity contribution in [3.63, 3.8) is 0 Å². The molecule has 0 spiro atoms. The number of hydrogen-bond donors (Lipinski definition) is 0. The molecule has 0 saturated carbocycles. The molecule has 5 aliphatic carbocycles. The third-order valence-corrected chi connectivity index (χ3v) is 27.9. The second-order valence-electron chi connectivity index (χ2n) is 40.1. The zero-order valence-electron chi connectivity index (χ0n) is 65.7. The zero-order chi connectivity index (χ0) is 70.7. The largest absolute Gasteiger partial charge is 0.310 e. The second kappa shape index (κ2) is 22.3. The van der Waals surface area contributed by atoms with Crippen LogP contribution in [0.3, 0.4) is 0 Å². The first-order chi connectivity index (χ1) is 45.4. The van der Waals surface area contributed by atoms with E-state index in [0.29, 0.717) is 0 Å². The van der Waals surface area contributed by atoms with Crippen molar-refractivity contribution in [3.05, 3.63) is 245 Å². The Labute approximate surface area is 595 Å². The van der Waals surface area contributed by atoms with Gasteiger partial charge in [-0.2, -0.15) is 0 Å². The summed E-state index contributed by atoms with van der Waals surface area (Å²) in [6, 6.07) is 56.8. The highest BCUT2D eigenvalue weighted by atomic mass is 15.1. The van der Waals surface area contributed by atoms with E-state index in [9.17, 15) is 0 Å². The average Bonchev–Trinajstić information content (AvgIpc) is 0.697. The molecule has 1 heterocycles. The van der Waals surface area contributed by atoms with Crippen molar-refractivity contribution in [2.24, 2.45) is 0 Å². The predicted octanol–water partition coefficient (Wildman–Crippen LogP) is 23.8. The maximum Gasteiger partial charge on any atom is 0.242 e. The van der Waals surface area contributed by atoms with Gasteiger partial charge >= 0.3 is 0 Å². The summed E-state index contributed by atoms with van der Waals surface area (Å²) in [5.41, 5.74) is 37.8. The molecule has 1 nitrogen and oxygen atoms in total. The minimum absolute atomic E-state index is 0.00923. The van der Waals surface area contributed by atoms with E-state index in [1.54, 1.807) is 16.7 Å². The van der Waals surface area contributed by atoms with Gasteiger partial charge in [-0.05, 0) is 262 Å². The highest BCUT2D eigenvalue weighted by Gasteiger charge is 2.49. The quantitative estimate of drug-likeness (QED) is 0.137. The number of nitrogens with zero attached hydrogens (tertiary/aromatic N) is 1. The molecule has 8 aromatic rings. The van der Waals surface area contributed by atoms with Crippen LogP contribution in [-0.2, 0) is 66.0 Å². The fourth-order valence-corrected chi connectivity index (χ4v) is 20.4. The first kappa shape index (κ1) is 68.7. The van der Waals surface area contributed by atoms with Crippen LogP contribution in [0.2, 0.25) is 0 Å². The van der Waals surface area contributed by atoms with Crippen LogP contribution in [0.25, 0.3) is 0 Å². The Balaban J connectivity index is 1.11. The molecule has 0 amide bonds. The summed E-state index contributed by atoms with van der Waals surface area (Å²) >= 11 is 0. The molecular formula is C96H120BN. The molecule has 0 bridgehead atoms. The van der Waals surface area contributed by atoms with Crippen molar-refractivity contribution >= 4 is 40.2 Å². The molecule has 8 aromatic carbocycles. The summed E-state index contributed by atoms with van der Waals surface area (Å²) in [7, 11) is 0. The van der Waals surface area contributed by atoms with Gasteiger partial charge in [0, 0.05) is 39.7 Å². The Morgan fingerprint density at radius 1 is 0.378 bits per heavy atom. The number of anilines is 3. The van der Waals surface area contributed by atoms with Crippen molar-refractivity contribution in [2.75, 3.05) is 4.90 Å². The molecule has 98 heavy (non-hydrogen) atoms. The van der Waals surface area contributed by atoms with Gasteiger partial charge < -0.3 is 4.90 Å². The van der Waals surface area contributed by atoms with Crippen molar-refractivity contribution in [3.8, 4) is 0 Å². The fourth-order valence-electron chi connectivity index (χ4n) is 20.4. The molecule has 0 N–H and O–H groups in total. The Kier molecular flexibility index (Phi) is 15.7. The zero-order valence-corrected chi connectivity index (χ0v) is 65.7. The summed E-state index contributed by atoms with van der Waals surface area (Å²) in [4.78, 5) is 2.72. The van der Waals surface area contributed by atoms with Crippen molar-refractivity contribution in [1.29, 1.82) is 0 Å². The van der Waals surface area contributed by atoms with Gasteiger partial charge in [-0.1, -0.05) is 285 Å². The number of benzene rings is 8. The maximum atomic E-state index is 2.83. The van der Waals surface area contributed by atoms with E-state index in [1.807, 2.05) is 0 Å². The number of rotatable bonds is 8. The van der Waals surface area contributed by atoms with E-state index in [2.05, 4.69) is 318 Å². The van der Waals surface area contributed by atoms with Crippen molar-refractivity contribution in [1.82, 2.24) is 0 Å². The Bertz CT molecular complexity index is 4500. The van der Waals surface area contributed by atoms with Gasteiger partial charge in [0.05, 0.1) is 0 Å². The molecule has 2 atom stereocenters. The molecule has 6 aliphatic rings. The first-order valence-electron chi connectivity index (χ1n) is 38.4. The van der Waals surface area contributed by atoms with Crippen molar-refractivity contribution in [2.45, 2.75) is 309 Å². The van der Waals surface area contributed by atoms with Gasteiger partial charge in [0.1, 0.15) is 0 Å². The van der Waals surface area contributed by atoms with Gasteiger partial charge in [-0.25, -0.2) is 0 Å². The fraction of sp³-hybridized carbons (Fsp3) is 0.500. The molecule has 2 unspecified atom stereocenters. The number of fused-ring (bicyclic) bond motifs is 8. The van der Waals surface area contributed by atoms with E-state index in [-0.39, 0.29) is 78.1 Å². The minimum atomic E-state index is -0.241. The summed E-state index contributed by atoms with van der Waals surface area (Å²) < 4.78 is 0. The topological polar surface area (TPSA) is 3.24 Å². The molecule has 0 saturated heterocycles. The third kappa shape index (κ3) is 10.9. The molecule has 2 heteroatoms. The van der Waals surface area contributed by atoms with E-state index in [1.165, 1.54) is 173 Å². The van der Waals surface area contributed by atoms with Gasteiger partial charge in [0.15, 0.2) is 0 Å². The first-order valence-corrected chi connectivity index (χ1v) is 38.4. The monoisotopic (exact) mass is 1300 g/mol. The van der Waals surface area contributed by atoms with E-state index in [4.69, 9.17) is 0 Å². The molecule has 0 fully saturated rings. The van der Waals surface area contributed by atoms with Crippen LogP contribution < -0.4 is 21.3 Å². The second-order valence-corrected chi connectivity index (χ2v) is 40.1. The average molecular weight is 1300 g/mol. The van der Waals surface area contributed by atoms with Crippen LogP contribution in [0.4, 0.5) is 17.1 Å². The van der Waals surface area contributed by atoms with Crippen LogP contribution in [-0.4, -0.2) is 6.71 Å². The molecule has 1 aliphatic heterocycles. The van der Waals surface area contributed by atoms with Gasteiger partial charge in [0.25, 0.3) is 0 Å². The summed E-state index contributed by atoms with van der Waals surface area (Å²) in [5, 5.41) is 0. The van der Waals surface area contributed by atoms with Crippen LogP contribution in [0.1, 0.15) is 341 Å². The predicted molar refractivity (Wildman–Crippen MR) is 425 cm³/mol. The minimum Gasteiger partial charge on any atom is -0.310 e. The molecule has 0 aromatic heterocycles. The lowest BCUT2D eigenvalue weighted by molar-refractivity contribution is 0.331. The lowest BCUT2D eigenvalue weighted by Crippen LogP contribution is -2.61. The van der Waals surface area contributed by atoms with Gasteiger partial charge in [0.2, 0.25) is 6.71 Å². The van der Waals surface area contributed by atoms with Crippen LogP contribution in [0.5, 0.6) is 0 Å². The van der Waals surface area contributed by atoms with Crippen LogP contribution in [0, 0.1) is 13.8 Å². The van der Waals surface area contributed by atoms with E-state index in [0.717, 1.165) is 12.8 Å². The smallest absolute Gasteiger partial charge is 0.242 e. The Morgan fingerprint density at radius 2 is 0.796 bits per heavy atom. The lowest BCUT2D eigenvalue weighted by Gasteiger charge is -2.47. The van der Waals surface area contributed by atoms with Crippen molar-refractivity contribution < 1.29 is 0 Å². The third-order valence-electron chi connectivity index (χ3n) is 27.9. The highest BCUT2D eigenvalue weighted by Crippen LogP contribution is 2.56. The summed E-state index contributed by atoms with van der Waals surface area (Å²) in [6.45, 7) is 64.8. The Morgan fingerprint density at radius 3 is 1.27 bits per heavy atom. The molecule has 14 rings (SSSR count). The normalized spacial score (nSPS) is 21.9. The van der Waals surface area contributed by atoms with Gasteiger partial charge in [-0.15, -0.1) is 0 Å². The standard InChI is InChI=1S/C96H120BN/c1-58-47-63(86(4,5)6)33-31-61(58)49-68-69-55-81-82(96(25,26)75-30-28-27-29-74(75)95(81,23)24)57-84(69)97(83-56-80-79(93(19,20)45-46-94(80,21)22)54-67(83)60(3)62-32-36-71-76(50-62)90(13,14)42-39-87(71,7)8)85-59(2)48-66(51-70(68)85)98(64-34-37-72-77(52-64)91(15,16)43-40-88(72,9)10)65-35-38-73-78(53-65)92(17,18)44-41-89(73,11)12/h27-38,47-48,50-57,60,68H,39-46,49H2,1-26H3. The lowest BCUT2D eigenvalue weighted by atomic mass is 9.30. The SMILES string of the molecule is Cc1cc(C(C)(C)C)ccc1CC1c2cc3c(cc2B(c2cc4c(cc2C(C)c2ccc5c(c2)C(C)(C)CCC5(C)C)C(C)(C)CCC4(C)C)c2c(C)cc(N(c4ccc5c(c4)C(C)(C)CCC5(C)C)c4ccc5c(c4)C(C)(C)CCC5(C)C)cc21)C(C)(C)c1ccccc1C3(C)C. The Hall–Kier alpha value is -6.38. The summed E-state index contributed by atoms with van der Waals surface area (Å²) in [5.74, 6) is 0.172. The maximum absolute atomic E-state index is 2.83. The van der Waals surface area contributed by atoms with E-state index >= 15 is 0 Å². The van der Waals surface area contributed by atoms with Gasteiger partial charge in [-0.3, -0.25) is 0 Å². The highest BCUT2D eigenvalue weighted by molar-refractivity contribution is 6.97. The molecule has 0 radical (unpaired) electrons. The molecule has 512 valence electrons. The van der Waals surface area contributed by atoms with Crippen LogP contribution >= 0.6 is 0 Å².